The first-order valence-corrected chi connectivity index (χ1v) is 12.8. The second-order valence-electron chi connectivity index (χ2n) is 10.3. The van der Waals surface area contributed by atoms with Crippen LogP contribution >= 0.6 is 0 Å². The molecule has 0 unspecified atom stereocenters. The normalized spacial score (nSPS) is 11.4. The number of benzene rings is 5. The van der Waals surface area contributed by atoms with Gasteiger partial charge in [0.15, 0.2) is 0 Å². The van der Waals surface area contributed by atoms with Gasteiger partial charge in [-0.25, -0.2) is 0 Å². The van der Waals surface area contributed by atoms with Crippen LogP contribution in [-0.4, -0.2) is 20.4 Å². The predicted octanol–water partition coefficient (Wildman–Crippen LogP) is 7.88. The van der Waals surface area contributed by atoms with E-state index in [2.05, 4.69) is 32.9 Å². The summed E-state index contributed by atoms with van der Waals surface area (Å²) in [4.78, 5) is 0. The Labute approximate surface area is 230 Å². The van der Waals surface area contributed by atoms with E-state index in [1.165, 1.54) is 0 Å². The lowest BCUT2D eigenvalue weighted by molar-refractivity contribution is 0.473. The predicted molar refractivity (Wildman–Crippen MR) is 157 cm³/mol. The molecule has 4 heteroatoms. The van der Waals surface area contributed by atoms with Crippen LogP contribution in [0.5, 0.6) is 23.0 Å². The molecule has 0 spiro atoms. The highest BCUT2D eigenvalue weighted by Crippen LogP contribution is 2.39. The van der Waals surface area contributed by atoms with E-state index >= 15 is 0 Å². The van der Waals surface area contributed by atoms with Gasteiger partial charge in [0.05, 0.1) is 0 Å². The standard InChI is InChI=1S/C20H18O2.C15H16O2/c1-20(15-5-3-2-4-6-15,16-7-11-18(21)12-8-16)17-9-13-19(22)14-10-17;1-15(2,11-3-7-13(16)8-4-11)12-5-9-14(17)10-6-12/h2-14,21-22H,1H3;3-10,16-17H,1-2H3. The third-order valence-electron chi connectivity index (χ3n) is 7.42. The molecule has 0 saturated heterocycles. The molecule has 5 rings (SSSR count). The van der Waals surface area contributed by atoms with Crippen molar-refractivity contribution in [1.82, 2.24) is 0 Å². The van der Waals surface area contributed by atoms with E-state index in [9.17, 15) is 20.4 Å². The van der Waals surface area contributed by atoms with Gasteiger partial charge in [-0.3, -0.25) is 0 Å². The average Bonchev–Trinajstić information content (AvgIpc) is 2.95. The lowest BCUT2D eigenvalue weighted by atomic mass is 9.71. The molecular formula is C35H34O4. The SMILES string of the molecule is CC(C)(c1ccc(O)cc1)c1ccc(O)cc1.CC(c1ccccc1)(c1ccc(O)cc1)c1ccc(O)cc1. The van der Waals surface area contributed by atoms with Gasteiger partial charge in [0.25, 0.3) is 0 Å². The summed E-state index contributed by atoms with van der Waals surface area (Å²) in [5, 5.41) is 37.7. The zero-order chi connectivity index (χ0) is 28.0. The molecule has 0 heterocycles. The summed E-state index contributed by atoms with van der Waals surface area (Å²) in [5.74, 6) is 1.06. The molecule has 0 radical (unpaired) electrons. The first kappa shape index (κ1) is 27.3. The monoisotopic (exact) mass is 518 g/mol. The lowest BCUT2D eigenvalue weighted by Crippen LogP contribution is -2.25. The summed E-state index contributed by atoms with van der Waals surface area (Å²) in [6, 6.07) is 39.3. The maximum atomic E-state index is 9.57. The highest BCUT2D eigenvalue weighted by Gasteiger charge is 2.31. The molecule has 0 aliphatic rings. The maximum Gasteiger partial charge on any atom is 0.115 e. The Morgan fingerprint density at radius 1 is 0.333 bits per heavy atom. The Morgan fingerprint density at radius 3 is 0.897 bits per heavy atom. The highest BCUT2D eigenvalue weighted by molar-refractivity contribution is 5.51. The number of rotatable bonds is 5. The Hall–Kier alpha value is -4.70. The van der Waals surface area contributed by atoms with E-state index in [0.29, 0.717) is 0 Å². The molecule has 0 fully saturated rings. The topological polar surface area (TPSA) is 80.9 Å². The molecule has 0 amide bonds. The number of aromatic hydroxyl groups is 4. The number of hydrogen-bond acceptors (Lipinski definition) is 4. The Bertz CT molecular complexity index is 1380. The van der Waals surface area contributed by atoms with Crippen LogP contribution in [0.15, 0.2) is 127 Å². The van der Waals surface area contributed by atoms with Crippen molar-refractivity contribution in [2.24, 2.45) is 0 Å². The summed E-state index contributed by atoms with van der Waals surface area (Å²) >= 11 is 0. The number of phenols is 4. The van der Waals surface area contributed by atoms with E-state index in [1.807, 2.05) is 66.7 Å². The molecule has 4 nitrogen and oxygen atoms in total. The Morgan fingerprint density at radius 2 is 0.590 bits per heavy atom. The fraction of sp³-hybridized carbons (Fsp3) is 0.143. The minimum absolute atomic E-state index is 0.151. The quantitative estimate of drug-likeness (QED) is 0.178. The molecule has 0 saturated carbocycles. The van der Waals surface area contributed by atoms with Crippen LogP contribution in [0.25, 0.3) is 0 Å². The van der Waals surface area contributed by atoms with Crippen LogP contribution in [-0.2, 0) is 10.8 Å². The van der Waals surface area contributed by atoms with Crippen LogP contribution in [0, 0.1) is 0 Å². The van der Waals surface area contributed by atoms with E-state index in [1.54, 1.807) is 48.5 Å². The summed E-state index contributed by atoms with van der Waals surface area (Å²) in [7, 11) is 0. The molecule has 0 aliphatic heterocycles. The molecule has 0 aromatic heterocycles. The fourth-order valence-corrected chi connectivity index (χ4v) is 4.78. The summed E-state index contributed by atoms with van der Waals surface area (Å²) < 4.78 is 0. The molecule has 198 valence electrons. The van der Waals surface area contributed by atoms with Crippen molar-refractivity contribution in [2.75, 3.05) is 0 Å². The van der Waals surface area contributed by atoms with E-state index in [-0.39, 0.29) is 33.8 Å². The molecular weight excluding hydrogens is 484 g/mol. The van der Waals surface area contributed by atoms with Crippen molar-refractivity contribution in [3.63, 3.8) is 0 Å². The van der Waals surface area contributed by atoms with Crippen LogP contribution in [0.4, 0.5) is 0 Å². The number of hydrogen-bond donors (Lipinski definition) is 4. The van der Waals surface area contributed by atoms with Gasteiger partial charge in [0, 0.05) is 10.8 Å². The van der Waals surface area contributed by atoms with E-state index in [0.717, 1.165) is 27.8 Å². The second kappa shape index (κ2) is 11.4. The summed E-state index contributed by atoms with van der Waals surface area (Å²) in [5.41, 5.74) is 5.07. The first-order chi connectivity index (χ1) is 18.6. The summed E-state index contributed by atoms with van der Waals surface area (Å²) in [6.07, 6.45) is 0. The lowest BCUT2D eigenvalue weighted by Gasteiger charge is -2.32. The van der Waals surface area contributed by atoms with E-state index < -0.39 is 0 Å². The van der Waals surface area contributed by atoms with E-state index in [4.69, 9.17) is 0 Å². The van der Waals surface area contributed by atoms with Crippen molar-refractivity contribution in [3.05, 3.63) is 155 Å². The molecule has 0 atom stereocenters. The van der Waals surface area contributed by atoms with Crippen molar-refractivity contribution in [2.45, 2.75) is 31.6 Å². The van der Waals surface area contributed by atoms with Crippen molar-refractivity contribution < 1.29 is 20.4 Å². The molecule has 39 heavy (non-hydrogen) atoms. The van der Waals surface area contributed by atoms with Gasteiger partial charge in [-0.15, -0.1) is 0 Å². The molecule has 0 bridgehead atoms. The van der Waals surface area contributed by atoms with Crippen molar-refractivity contribution >= 4 is 0 Å². The highest BCUT2D eigenvalue weighted by atomic mass is 16.3. The average molecular weight is 519 g/mol. The molecule has 5 aromatic rings. The van der Waals surface area contributed by atoms with Gasteiger partial charge < -0.3 is 20.4 Å². The first-order valence-electron chi connectivity index (χ1n) is 12.8. The zero-order valence-corrected chi connectivity index (χ0v) is 22.4. The van der Waals surface area contributed by atoms with Gasteiger partial charge in [0.2, 0.25) is 0 Å². The van der Waals surface area contributed by atoms with Gasteiger partial charge in [-0.05, 0) is 83.3 Å². The molecule has 5 aromatic carbocycles. The smallest absolute Gasteiger partial charge is 0.115 e. The molecule has 0 aliphatic carbocycles. The fourth-order valence-electron chi connectivity index (χ4n) is 4.78. The Kier molecular flexibility index (Phi) is 7.96. The van der Waals surface area contributed by atoms with Crippen LogP contribution < -0.4 is 0 Å². The van der Waals surface area contributed by atoms with Crippen LogP contribution in [0.1, 0.15) is 48.6 Å². The second-order valence-corrected chi connectivity index (χ2v) is 10.3. The third kappa shape index (κ3) is 6.07. The maximum absolute atomic E-state index is 9.57. The van der Waals surface area contributed by atoms with Crippen LogP contribution in [0.2, 0.25) is 0 Å². The minimum Gasteiger partial charge on any atom is -0.508 e. The van der Waals surface area contributed by atoms with Gasteiger partial charge >= 0.3 is 0 Å². The van der Waals surface area contributed by atoms with Gasteiger partial charge in [-0.2, -0.15) is 0 Å². The van der Waals surface area contributed by atoms with Crippen LogP contribution in [0.3, 0.4) is 0 Å². The number of phenolic OH excluding ortho intramolecular Hbond substituents is 4. The minimum atomic E-state index is -0.358. The third-order valence-corrected chi connectivity index (χ3v) is 7.42. The van der Waals surface area contributed by atoms with Crippen molar-refractivity contribution in [1.29, 1.82) is 0 Å². The largest absolute Gasteiger partial charge is 0.508 e. The van der Waals surface area contributed by atoms with Gasteiger partial charge in [-0.1, -0.05) is 92.7 Å². The summed E-state index contributed by atoms with van der Waals surface area (Å²) in [6.45, 7) is 6.39. The zero-order valence-electron chi connectivity index (χ0n) is 22.4. The Balaban J connectivity index is 0.000000187. The van der Waals surface area contributed by atoms with Crippen molar-refractivity contribution in [3.8, 4) is 23.0 Å². The molecule has 4 N–H and O–H groups in total. The van der Waals surface area contributed by atoms with Gasteiger partial charge in [0.1, 0.15) is 23.0 Å².